The molecule has 1 aromatic rings. The number of nitrogens with one attached hydrogen (secondary N) is 2. The molecule has 2 heterocycles. The van der Waals surface area contributed by atoms with Crippen LogP contribution in [0.2, 0.25) is 0 Å². The molecule has 2 rings (SSSR count). The van der Waals surface area contributed by atoms with Crippen molar-refractivity contribution in [2.24, 2.45) is 0 Å². The Bertz CT molecular complexity index is 389. The monoisotopic (exact) mass is 280 g/mol. The lowest BCUT2D eigenvalue weighted by atomic mass is 10.2. The number of hydrogen-bond acceptors (Lipinski definition) is 4. The number of aromatic nitrogens is 2. The first-order valence-electron chi connectivity index (χ1n) is 7.65. The molecule has 114 valence electrons. The number of aryl methyl sites for hydroxylation is 2. The third-order valence-corrected chi connectivity index (χ3v) is 3.91. The molecular weight excluding hydrogens is 252 g/mol. The summed E-state index contributed by atoms with van der Waals surface area (Å²) >= 11 is 0. The molecule has 2 N–H and O–H groups in total. The van der Waals surface area contributed by atoms with E-state index in [0.29, 0.717) is 12.2 Å². The van der Waals surface area contributed by atoms with Gasteiger partial charge < -0.3 is 10.1 Å². The van der Waals surface area contributed by atoms with Crippen LogP contribution in [0, 0.1) is 13.8 Å². The fourth-order valence-electron chi connectivity index (χ4n) is 2.94. The summed E-state index contributed by atoms with van der Waals surface area (Å²) in [6, 6.07) is 0. The molecule has 1 aliphatic rings. The standard InChI is InChI=1S/C15H28N4O/c1-11-9-19(10-12(2)20-11)7-5-6-16-8-15-13(3)17-18-14(15)4/h11-12,16H,5-10H2,1-4H3,(H,17,18). The Kier molecular flexibility index (Phi) is 5.57. The highest BCUT2D eigenvalue weighted by atomic mass is 16.5. The van der Waals surface area contributed by atoms with E-state index in [4.69, 9.17) is 4.74 Å². The van der Waals surface area contributed by atoms with Gasteiger partial charge in [-0.15, -0.1) is 0 Å². The molecule has 1 saturated heterocycles. The molecule has 0 spiro atoms. The summed E-state index contributed by atoms with van der Waals surface area (Å²) in [6.07, 6.45) is 1.90. The lowest BCUT2D eigenvalue weighted by Gasteiger charge is -2.35. The van der Waals surface area contributed by atoms with Crippen molar-refractivity contribution in [2.75, 3.05) is 26.2 Å². The molecule has 5 heteroatoms. The van der Waals surface area contributed by atoms with Crippen molar-refractivity contribution in [2.45, 2.75) is 52.9 Å². The first-order valence-corrected chi connectivity index (χ1v) is 7.65. The van der Waals surface area contributed by atoms with Gasteiger partial charge in [0.25, 0.3) is 0 Å². The van der Waals surface area contributed by atoms with E-state index in [1.807, 2.05) is 0 Å². The molecule has 1 fully saturated rings. The molecule has 0 saturated carbocycles. The Hall–Kier alpha value is -0.910. The van der Waals surface area contributed by atoms with Crippen LogP contribution in [0.1, 0.15) is 37.2 Å². The second-order valence-electron chi connectivity index (χ2n) is 5.96. The van der Waals surface area contributed by atoms with Gasteiger partial charge in [0.15, 0.2) is 0 Å². The summed E-state index contributed by atoms with van der Waals surface area (Å²) in [4.78, 5) is 2.51. The van der Waals surface area contributed by atoms with Crippen LogP contribution in [0.3, 0.4) is 0 Å². The highest BCUT2D eigenvalue weighted by molar-refractivity contribution is 5.22. The van der Waals surface area contributed by atoms with Gasteiger partial charge in [0.1, 0.15) is 0 Å². The number of ether oxygens (including phenoxy) is 1. The van der Waals surface area contributed by atoms with Gasteiger partial charge in [0.05, 0.1) is 17.9 Å². The average molecular weight is 280 g/mol. The van der Waals surface area contributed by atoms with Crippen LogP contribution < -0.4 is 5.32 Å². The summed E-state index contributed by atoms with van der Waals surface area (Å²) in [5.41, 5.74) is 3.58. The Morgan fingerprint density at radius 1 is 1.30 bits per heavy atom. The number of hydrogen-bond donors (Lipinski definition) is 2. The molecule has 0 aliphatic carbocycles. The highest BCUT2D eigenvalue weighted by Crippen LogP contribution is 2.11. The molecule has 1 aliphatic heterocycles. The van der Waals surface area contributed by atoms with Gasteiger partial charge in [-0.25, -0.2) is 0 Å². The van der Waals surface area contributed by atoms with E-state index < -0.39 is 0 Å². The predicted octanol–water partition coefficient (Wildman–Crippen LogP) is 1.62. The van der Waals surface area contributed by atoms with E-state index in [1.165, 1.54) is 17.7 Å². The van der Waals surface area contributed by atoms with E-state index >= 15 is 0 Å². The van der Waals surface area contributed by atoms with Crippen molar-refractivity contribution in [1.29, 1.82) is 0 Å². The SMILES string of the molecule is Cc1n[nH]c(C)c1CNCCCN1CC(C)OC(C)C1. The van der Waals surface area contributed by atoms with E-state index in [1.54, 1.807) is 0 Å². The zero-order chi connectivity index (χ0) is 14.5. The Morgan fingerprint density at radius 2 is 2.00 bits per heavy atom. The minimum Gasteiger partial charge on any atom is -0.373 e. The third kappa shape index (κ3) is 4.30. The first kappa shape index (κ1) is 15.5. The van der Waals surface area contributed by atoms with Crippen molar-refractivity contribution in [3.05, 3.63) is 17.0 Å². The summed E-state index contributed by atoms with van der Waals surface area (Å²) in [7, 11) is 0. The topological polar surface area (TPSA) is 53.2 Å². The summed E-state index contributed by atoms with van der Waals surface area (Å²) in [5, 5.41) is 10.8. The zero-order valence-corrected chi connectivity index (χ0v) is 13.2. The van der Waals surface area contributed by atoms with Crippen LogP contribution >= 0.6 is 0 Å². The van der Waals surface area contributed by atoms with Gasteiger partial charge in [-0.1, -0.05) is 0 Å². The van der Waals surface area contributed by atoms with Gasteiger partial charge in [-0.2, -0.15) is 5.10 Å². The van der Waals surface area contributed by atoms with Gasteiger partial charge in [0, 0.05) is 30.9 Å². The largest absolute Gasteiger partial charge is 0.373 e. The molecule has 0 radical (unpaired) electrons. The van der Waals surface area contributed by atoms with Gasteiger partial charge in [-0.3, -0.25) is 10.00 Å². The molecular formula is C15H28N4O. The van der Waals surface area contributed by atoms with E-state index in [0.717, 1.165) is 38.4 Å². The van der Waals surface area contributed by atoms with Gasteiger partial charge >= 0.3 is 0 Å². The van der Waals surface area contributed by atoms with Crippen molar-refractivity contribution in [3.63, 3.8) is 0 Å². The molecule has 20 heavy (non-hydrogen) atoms. The minimum atomic E-state index is 0.364. The van der Waals surface area contributed by atoms with Crippen LogP contribution in [-0.2, 0) is 11.3 Å². The fourth-order valence-corrected chi connectivity index (χ4v) is 2.94. The highest BCUT2D eigenvalue weighted by Gasteiger charge is 2.21. The zero-order valence-electron chi connectivity index (χ0n) is 13.2. The van der Waals surface area contributed by atoms with E-state index in [9.17, 15) is 0 Å². The molecule has 5 nitrogen and oxygen atoms in total. The van der Waals surface area contributed by atoms with Crippen LogP contribution in [-0.4, -0.2) is 53.5 Å². The molecule has 2 atom stereocenters. The van der Waals surface area contributed by atoms with E-state index in [-0.39, 0.29) is 0 Å². The number of nitrogens with zero attached hydrogens (tertiary/aromatic N) is 2. The third-order valence-electron chi connectivity index (χ3n) is 3.91. The van der Waals surface area contributed by atoms with Crippen LogP contribution in [0.4, 0.5) is 0 Å². The van der Waals surface area contributed by atoms with Gasteiger partial charge in [-0.05, 0) is 47.2 Å². The van der Waals surface area contributed by atoms with Crippen LogP contribution in [0.25, 0.3) is 0 Å². The second kappa shape index (κ2) is 7.20. The number of H-pyrrole nitrogens is 1. The molecule has 0 amide bonds. The van der Waals surface area contributed by atoms with E-state index in [2.05, 4.69) is 48.1 Å². The maximum Gasteiger partial charge on any atom is 0.0678 e. The second-order valence-corrected chi connectivity index (χ2v) is 5.96. The summed E-state index contributed by atoms with van der Waals surface area (Å²) in [5.74, 6) is 0. The van der Waals surface area contributed by atoms with Crippen LogP contribution in [0.15, 0.2) is 0 Å². The van der Waals surface area contributed by atoms with Gasteiger partial charge in [0.2, 0.25) is 0 Å². The molecule has 2 unspecified atom stereocenters. The lowest BCUT2D eigenvalue weighted by Crippen LogP contribution is -2.46. The van der Waals surface area contributed by atoms with Crippen molar-refractivity contribution >= 4 is 0 Å². The maximum atomic E-state index is 5.75. The molecule has 1 aromatic heterocycles. The Balaban J connectivity index is 1.62. The minimum absolute atomic E-state index is 0.364. The van der Waals surface area contributed by atoms with Crippen molar-refractivity contribution in [1.82, 2.24) is 20.4 Å². The Morgan fingerprint density at radius 3 is 2.60 bits per heavy atom. The lowest BCUT2D eigenvalue weighted by molar-refractivity contribution is -0.0680. The summed E-state index contributed by atoms with van der Waals surface area (Å²) < 4.78 is 5.75. The average Bonchev–Trinajstić information content (AvgIpc) is 2.68. The van der Waals surface area contributed by atoms with Crippen molar-refractivity contribution in [3.8, 4) is 0 Å². The van der Waals surface area contributed by atoms with Crippen LogP contribution in [0.5, 0.6) is 0 Å². The predicted molar refractivity (Wildman–Crippen MR) is 80.8 cm³/mol. The smallest absolute Gasteiger partial charge is 0.0678 e. The normalized spacial score (nSPS) is 24.2. The number of rotatable bonds is 6. The first-order chi connectivity index (χ1) is 9.56. The Labute approximate surface area is 122 Å². The summed E-state index contributed by atoms with van der Waals surface area (Å²) in [6.45, 7) is 13.7. The molecule has 0 bridgehead atoms. The number of aromatic amines is 1. The number of morpholine rings is 1. The fraction of sp³-hybridized carbons (Fsp3) is 0.800. The van der Waals surface area contributed by atoms with Crippen molar-refractivity contribution < 1.29 is 4.74 Å². The quantitative estimate of drug-likeness (QED) is 0.778. The maximum absolute atomic E-state index is 5.75. The molecule has 0 aromatic carbocycles.